The van der Waals surface area contributed by atoms with Gasteiger partial charge in [0.05, 0.1) is 10.9 Å². The van der Waals surface area contributed by atoms with E-state index >= 15 is 0 Å². The van der Waals surface area contributed by atoms with E-state index in [1.165, 1.54) is 17.4 Å². The minimum absolute atomic E-state index is 0.163. The number of amides is 1. The van der Waals surface area contributed by atoms with Gasteiger partial charge in [0.2, 0.25) is 5.91 Å². The summed E-state index contributed by atoms with van der Waals surface area (Å²) >= 11 is 7.11. The van der Waals surface area contributed by atoms with E-state index in [4.69, 9.17) is 21.4 Å². The van der Waals surface area contributed by atoms with Gasteiger partial charge in [-0.15, -0.1) is 11.3 Å². The molecule has 0 aromatic carbocycles. The highest BCUT2D eigenvalue weighted by Gasteiger charge is 1.98. The van der Waals surface area contributed by atoms with Crippen LogP contribution in [0, 0.1) is 0 Å². The SMILES string of the molecule is O=C(O)COCCNC(=O)C=Cc1ccc(Cl)s1. The van der Waals surface area contributed by atoms with E-state index in [0.29, 0.717) is 4.34 Å². The van der Waals surface area contributed by atoms with Gasteiger partial charge in [0, 0.05) is 17.5 Å². The van der Waals surface area contributed by atoms with Crippen LogP contribution in [0.25, 0.3) is 6.08 Å². The number of carboxylic acid groups (broad SMARTS) is 1. The van der Waals surface area contributed by atoms with Crippen molar-refractivity contribution in [2.24, 2.45) is 0 Å². The van der Waals surface area contributed by atoms with Crippen LogP contribution in [0.4, 0.5) is 0 Å². The van der Waals surface area contributed by atoms with Gasteiger partial charge in [0.25, 0.3) is 0 Å². The van der Waals surface area contributed by atoms with Crippen molar-refractivity contribution in [1.82, 2.24) is 5.32 Å². The molecule has 7 heteroatoms. The highest BCUT2D eigenvalue weighted by Crippen LogP contribution is 2.22. The summed E-state index contributed by atoms with van der Waals surface area (Å²) in [6.45, 7) is 0.0672. The summed E-state index contributed by atoms with van der Waals surface area (Å²) in [4.78, 5) is 22.3. The third kappa shape index (κ3) is 6.39. The predicted octanol–water partition coefficient (Wildman–Crippen LogP) is 1.63. The first kappa shape index (κ1) is 14.7. The van der Waals surface area contributed by atoms with Gasteiger partial charge in [0.1, 0.15) is 6.61 Å². The number of rotatable bonds is 7. The number of carboxylic acids is 1. The molecule has 0 aliphatic rings. The normalized spacial score (nSPS) is 10.7. The largest absolute Gasteiger partial charge is 0.480 e. The fraction of sp³-hybridized carbons (Fsp3) is 0.273. The van der Waals surface area contributed by atoms with Gasteiger partial charge < -0.3 is 15.2 Å². The van der Waals surface area contributed by atoms with Crippen molar-refractivity contribution in [2.75, 3.05) is 19.8 Å². The van der Waals surface area contributed by atoms with Crippen LogP contribution in [0.5, 0.6) is 0 Å². The number of aliphatic carboxylic acids is 1. The smallest absolute Gasteiger partial charge is 0.329 e. The monoisotopic (exact) mass is 289 g/mol. The van der Waals surface area contributed by atoms with Crippen molar-refractivity contribution in [2.45, 2.75) is 0 Å². The van der Waals surface area contributed by atoms with Crippen LogP contribution in [0.15, 0.2) is 18.2 Å². The lowest BCUT2D eigenvalue weighted by atomic mass is 10.4. The van der Waals surface area contributed by atoms with Gasteiger partial charge in [-0.05, 0) is 18.2 Å². The van der Waals surface area contributed by atoms with E-state index in [-0.39, 0.29) is 25.7 Å². The molecule has 0 saturated heterocycles. The van der Waals surface area contributed by atoms with E-state index in [2.05, 4.69) is 5.32 Å². The van der Waals surface area contributed by atoms with Gasteiger partial charge in [0.15, 0.2) is 0 Å². The minimum atomic E-state index is -1.03. The number of carbonyl (C=O) groups is 2. The molecule has 0 bridgehead atoms. The van der Waals surface area contributed by atoms with Crippen molar-refractivity contribution >= 4 is 40.9 Å². The average molecular weight is 290 g/mol. The molecule has 0 fully saturated rings. The summed E-state index contributed by atoms with van der Waals surface area (Å²) in [6.07, 6.45) is 3.04. The van der Waals surface area contributed by atoms with Gasteiger partial charge in [-0.2, -0.15) is 0 Å². The molecule has 18 heavy (non-hydrogen) atoms. The maximum absolute atomic E-state index is 11.3. The van der Waals surface area contributed by atoms with Crippen molar-refractivity contribution in [1.29, 1.82) is 0 Å². The van der Waals surface area contributed by atoms with Crippen LogP contribution < -0.4 is 5.32 Å². The Bertz CT molecular complexity index is 444. The molecule has 1 amide bonds. The van der Waals surface area contributed by atoms with E-state index in [9.17, 15) is 9.59 Å². The summed E-state index contributed by atoms with van der Waals surface area (Å²) in [5, 5.41) is 10.9. The molecule has 1 rings (SSSR count). The Morgan fingerprint density at radius 2 is 2.28 bits per heavy atom. The predicted molar refractivity (Wildman–Crippen MR) is 69.8 cm³/mol. The van der Waals surface area contributed by atoms with Crippen LogP contribution in [-0.2, 0) is 14.3 Å². The zero-order valence-corrected chi connectivity index (χ0v) is 11.0. The first-order valence-electron chi connectivity index (χ1n) is 5.08. The molecule has 0 spiro atoms. The van der Waals surface area contributed by atoms with Crippen LogP contribution in [-0.4, -0.2) is 36.7 Å². The molecule has 1 heterocycles. The number of thiophene rings is 1. The zero-order valence-electron chi connectivity index (χ0n) is 9.39. The molecule has 0 radical (unpaired) electrons. The molecule has 0 aliphatic carbocycles. The summed E-state index contributed by atoms with van der Waals surface area (Å²) in [5.74, 6) is -1.30. The second-order valence-electron chi connectivity index (χ2n) is 3.21. The standard InChI is InChI=1S/C11H12ClNO4S/c12-9-3-1-8(18-9)2-4-10(14)13-5-6-17-7-11(15)16/h1-4H,5-7H2,(H,13,14)(H,15,16). The highest BCUT2D eigenvalue weighted by molar-refractivity contribution is 7.17. The summed E-state index contributed by atoms with van der Waals surface area (Å²) < 4.78 is 5.42. The first-order chi connectivity index (χ1) is 8.58. The number of halogens is 1. The van der Waals surface area contributed by atoms with Crippen molar-refractivity contribution in [3.05, 3.63) is 27.4 Å². The Kier molecular flexibility index (Phi) is 6.42. The number of ether oxygens (including phenoxy) is 1. The maximum atomic E-state index is 11.3. The van der Waals surface area contributed by atoms with E-state index in [1.807, 2.05) is 6.07 Å². The van der Waals surface area contributed by atoms with Crippen LogP contribution in [0.3, 0.4) is 0 Å². The van der Waals surface area contributed by atoms with Crippen LogP contribution in [0.1, 0.15) is 4.88 Å². The summed E-state index contributed by atoms with van der Waals surface area (Å²) in [7, 11) is 0. The third-order valence-corrected chi connectivity index (χ3v) is 2.96. The van der Waals surface area contributed by atoms with E-state index in [1.54, 1.807) is 12.1 Å². The number of hydrogen-bond donors (Lipinski definition) is 2. The maximum Gasteiger partial charge on any atom is 0.329 e. The second kappa shape index (κ2) is 7.86. The van der Waals surface area contributed by atoms with E-state index < -0.39 is 5.97 Å². The molecule has 1 aromatic rings. The Hall–Kier alpha value is -1.37. The Morgan fingerprint density at radius 3 is 2.89 bits per heavy atom. The number of carbonyl (C=O) groups excluding carboxylic acids is 1. The lowest BCUT2D eigenvalue weighted by Crippen LogP contribution is -2.26. The number of nitrogens with one attached hydrogen (secondary N) is 1. The Morgan fingerprint density at radius 1 is 1.50 bits per heavy atom. The van der Waals surface area contributed by atoms with Gasteiger partial charge in [-0.1, -0.05) is 11.6 Å². The molecule has 0 aliphatic heterocycles. The quantitative estimate of drug-likeness (QED) is 0.591. The van der Waals surface area contributed by atoms with Gasteiger partial charge in [-0.25, -0.2) is 4.79 Å². The molecule has 5 nitrogen and oxygen atoms in total. The fourth-order valence-corrected chi connectivity index (χ4v) is 2.00. The average Bonchev–Trinajstić information content (AvgIpc) is 2.71. The molecule has 98 valence electrons. The summed E-state index contributed by atoms with van der Waals surface area (Å²) in [5.41, 5.74) is 0. The number of hydrogen-bond acceptors (Lipinski definition) is 4. The van der Waals surface area contributed by atoms with E-state index in [0.717, 1.165) is 4.88 Å². The third-order valence-electron chi connectivity index (χ3n) is 1.76. The molecule has 0 atom stereocenters. The fourth-order valence-electron chi connectivity index (χ4n) is 1.04. The lowest BCUT2D eigenvalue weighted by molar-refractivity contribution is -0.142. The molecule has 0 saturated carbocycles. The first-order valence-corrected chi connectivity index (χ1v) is 6.28. The topological polar surface area (TPSA) is 75.6 Å². The zero-order chi connectivity index (χ0) is 13.4. The Labute approximate surface area is 113 Å². The Balaban J connectivity index is 2.17. The van der Waals surface area contributed by atoms with Gasteiger partial charge >= 0.3 is 5.97 Å². The second-order valence-corrected chi connectivity index (χ2v) is 4.96. The van der Waals surface area contributed by atoms with Gasteiger partial charge in [-0.3, -0.25) is 4.79 Å². The highest BCUT2D eigenvalue weighted by atomic mass is 35.5. The molecule has 1 aromatic heterocycles. The van der Waals surface area contributed by atoms with Crippen molar-refractivity contribution < 1.29 is 19.4 Å². The molecule has 2 N–H and O–H groups in total. The van der Waals surface area contributed by atoms with Crippen LogP contribution >= 0.6 is 22.9 Å². The van der Waals surface area contributed by atoms with Crippen molar-refractivity contribution in [3.63, 3.8) is 0 Å². The summed E-state index contributed by atoms with van der Waals surface area (Å²) in [6, 6.07) is 3.57. The molecular weight excluding hydrogens is 278 g/mol. The lowest BCUT2D eigenvalue weighted by Gasteiger charge is -2.01. The van der Waals surface area contributed by atoms with Crippen molar-refractivity contribution in [3.8, 4) is 0 Å². The van der Waals surface area contributed by atoms with Crippen LogP contribution in [0.2, 0.25) is 4.34 Å². The minimum Gasteiger partial charge on any atom is -0.480 e. The molecular formula is C11H12ClNO4S. The molecule has 0 unspecified atom stereocenters.